The topological polar surface area (TPSA) is 95.7 Å². The molecule has 7 heteroatoms. The number of ketones is 2. The summed E-state index contributed by atoms with van der Waals surface area (Å²) in [5.41, 5.74) is 12.3. The van der Waals surface area contributed by atoms with E-state index in [2.05, 4.69) is 52.0 Å². The summed E-state index contributed by atoms with van der Waals surface area (Å²) in [6, 6.07) is 21.1. The molecule has 3 aliphatic carbocycles. The molecule has 3 aliphatic rings. The summed E-state index contributed by atoms with van der Waals surface area (Å²) >= 11 is 1.36. The number of ether oxygens (including phenoxy) is 2. The number of anilines is 1. The Kier molecular flexibility index (Phi) is 16.1. The van der Waals surface area contributed by atoms with Gasteiger partial charge in [-0.3, -0.25) is 9.59 Å². The second-order valence-electron chi connectivity index (χ2n) is 18.7. The van der Waals surface area contributed by atoms with E-state index >= 15 is 0 Å². The molecule has 0 aliphatic heterocycles. The Morgan fingerprint density at radius 2 is 1.18 bits per heavy atom. The number of aryl methyl sites for hydroxylation is 2. The van der Waals surface area contributed by atoms with Crippen molar-refractivity contribution in [2.45, 2.75) is 166 Å². The lowest BCUT2D eigenvalue weighted by molar-refractivity contribution is 0.0161. The van der Waals surface area contributed by atoms with Gasteiger partial charge in [0.15, 0.2) is 11.6 Å². The maximum absolute atomic E-state index is 14.2. The molecular formula is C55H69NO5S. The van der Waals surface area contributed by atoms with Crippen LogP contribution in [0.25, 0.3) is 11.1 Å². The van der Waals surface area contributed by atoms with E-state index in [0.717, 1.165) is 71.1 Å². The number of nitrogen functional groups attached to an aromatic ring is 1. The number of benzene rings is 4. The van der Waals surface area contributed by atoms with Crippen LogP contribution < -0.4 is 10.5 Å². The van der Waals surface area contributed by atoms with Gasteiger partial charge in [0.05, 0.1) is 23.4 Å². The predicted molar refractivity (Wildman–Crippen MR) is 254 cm³/mol. The zero-order valence-corrected chi connectivity index (χ0v) is 38.6. The summed E-state index contributed by atoms with van der Waals surface area (Å²) in [6.07, 6.45) is 23.2. The summed E-state index contributed by atoms with van der Waals surface area (Å²) in [4.78, 5) is 43.6. The molecule has 62 heavy (non-hydrogen) atoms. The maximum atomic E-state index is 14.2. The van der Waals surface area contributed by atoms with Crippen LogP contribution in [-0.2, 0) is 4.74 Å². The van der Waals surface area contributed by atoms with Gasteiger partial charge in [-0.2, -0.15) is 0 Å². The third-order valence-electron chi connectivity index (χ3n) is 14.0. The average molecular weight is 856 g/mol. The highest BCUT2D eigenvalue weighted by Gasteiger charge is 2.37. The van der Waals surface area contributed by atoms with Gasteiger partial charge in [-0.15, -0.1) is 0 Å². The van der Waals surface area contributed by atoms with Crippen molar-refractivity contribution in [2.24, 2.45) is 17.8 Å². The molecule has 0 spiro atoms. The number of carbonyl (C=O) groups excluding carboxylic acids is 3. The number of carbonyl (C=O) groups is 3. The van der Waals surface area contributed by atoms with Crippen molar-refractivity contribution in [1.29, 1.82) is 0 Å². The van der Waals surface area contributed by atoms with E-state index in [-0.39, 0.29) is 40.0 Å². The molecule has 0 bridgehead atoms. The van der Waals surface area contributed by atoms with Crippen molar-refractivity contribution in [1.82, 2.24) is 0 Å². The molecule has 330 valence electrons. The number of esters is 1. The molecule has 0 radical (unpaired) electrons. The second kappa shape index (κ2) is 21.8. The Balaban J connectivity index is 1.04. The molecule has 0 atom stereocenters. The first-order valence-electron chi connectivity index (χ1n) is 24.0. The van der Waals surface area contributed by atoms with Crippen molar-refractivity contribution in [3.05, 3.63) is 106 Å². The summed E-state index contributed by atoms with van der Waals surface area (Å²) < 4.78 is 12.6. The lowest BCUT2D eigenvalue weighted by Crippen LogP contribution is -2.27. The summed E-state index contributed by atoms with van der Waals surface area (Å²) in [7, 11) is 0. The van der Waals surface area contributed by atoms with E-state index in [4.69, 9.17) is 15.2 Å². The highest BCUT2D eigenvalue weighted by Crippen LogP contribution is 2.43. The standard InChI is InChI=1S/C55H69NO5S/c1-5-7-9-10-11-13-17-39-24-28-43(29-25-39)61-55(59)47-34-48(49-50(51(47)56)53(58)46-19-15-14-18-45(46)52(49)57)62-44-30-26-41(27-31-44)42-32-36(3)54(37(4)33-42)60-35-40-22-20-38(21-23-40)16-12-8-6-2/h14-15,18-19,26-27,30-34,38-40,43H,5-13,16-17,20-25,28-29,35,56H2,1-4H3. The number of unbranched alkanes of at least 4 members (excludes halogenated alkanes) is 7. The van der Waals surface area contributed by atoms with Crippen molar-refractivity contribution < 1.29 is 23.9 Å². The first-order valence-corrected chi connectivity index (χ1v) is 24.8. The van der Waals surface area contributed by atoms with Crippen molar-refractivity contribution in [3.63, 3.8) is 0 Å². The Morgan fingerprint density at radius 3 is 1.81 bits per heavy atom. The van der Waals surface area contributed by atoms with Crippen LogP contribution in [0, 0.1) is 31.6 Å². The largest absolute Gasteiger partial charge is 0.493 e. The summed E-state index contributed by atoms with van der Waals surface area (Å²) in [6.45, 7) is 9.57. The van der Waals surface area contributed by atoms with Crippen LogP contribution >= 0.6 is 11.8 Å². The predicted octanol–water partition coefficient (Wildman–Crippen LogP) is 14.7. The van der Waals surface area contributed by atoms with Crippen molar-refractivity contribution in [3.8, 4) is 16.9 Å². The van der Waals surface area contributed by atoms with Gasteiger partial charge in [0.1, 0.15) is 11.9 Å². The summed E-state index contributed by atoms with van der Waals surface area (Å²) in [5, 5.41) is 0. The van der Waals surface area contributed by atoms with E-state index in [1.807, 2.05) is 12.1 Å². The second-order valence-corrected chi connectivity index (χ2v) is 19.8. The van der Waals surface area contributed by atoms with Crippen LogP contribution in [0.2, 0.25) is 0 Å². The fourth-order valence-electron chi connectivity index (χ4n) is 10.3. The Hall–Kier alpha value is -4.36. The van der Waals surface area contributed by atoms with Crippen LogP contribution in [0.15, 0.2) is 76.5 Å². The van der Waals surface area contributed by atoms with Crippen LogP contribution in [0.3, 0.4) is 0 Å². The maximum Gasteiger partial charge on any atom is 0.340 e. The Morgan fingerprint density at radius 1 is 0.645 bits per heavy atom. The van der Waals surface area contributed by atoms with E-state index < -0.39 is 5.97 Å². The molecule has 0 amide bonds. The molecule has 2 fully saturated rings. The van der Waals surface area contributed by atoms with Crippen LogP contribution in [0.5, 0.6) is 5.75 Å². The zero-order valence-electron chi connectivity index (χ0n) is 37.8. The molecular weight excluding hydrogens is 787 g/mol. The molecule has 4 aromatic carbocycles. The third kappa shape index (κ3) is 11.0. The van der Waals surface area contributed by atoms with Gasteiger partial charge in [0, 0.05) is 26.5 Å². The SMILES string of the molecule is CCCCCCCCC1CCC(OC(=O)c2cc(Sc3ccc(-c4cc(C)c(OCC5CCC(CCCCC)CC5)c(C)c4)cc3)c3c(c2N)C(=O)c2ccccc2C3=O)CC1. The Labute approximate surface area is 375 Å². The first kappa shape index (κ1) is 45.7. The normalized spacial score (nSPS) is 19.8. The molecule has 7 rings (SSSR count). The molecule has 0 saturated heterocycles. The van der Waals surface area contributed by atoms with Gasteiger partial charge in [-0.25, -0.2) is 4.79 Å². The number of nitrogens with two attached hydrogens (primary N) is 1. The number of hydrogen-bond donors (Lipinski definition) is 1. The highest BCUT2D eigenvalue weighted by molar-refractivity contribution is 7.99. The van der Waals surface area contributed by atoms with Crippen molar-refractivity contribution in [2.75, 3.05) is 12.3 Å². The van der Waals surface area contributed by atoms with Gasteiger partial charge in [-0.1, -0.05) is 145 Å². The lowest BCUT2D eigenvalue weighted by atomic mass is 9.80. The van der Waals surface area contributed by atoms with E-state index in [1.165, 1.54) is 108 Å². The van der Waals surface area contributed by atoms with E-state index in [9.17, 15) is 14.4 Å². The lowest BCUT2D eigenvalue weighted by Gasteiger charge is -2.29. The first-order chi connectivity index (χ1) is 30.1. The fourth-order valence-corrected chi connectivity index (χ4v) is 11.3. The fraction of sp³-hybridized carbons (Fsp3) is 0.509. The molecule has 2 saturated carbocycles. The molecule has 6 nitrogen and oxygen atoms in total. The number of rotatable bonds is 19. The van der Waals surface area contributed by atoms with E-state index in [1.54, 1.807) is 30.3 Å². The average Bonchev–Trinajstić information content (AvgIpc) is 3.28. The van der Waals surface area contributed by atoms with Crippen molar-refractivity contribution >= 4 is 35.0 Å². The molecule has 0 aromatic heterocycles. The van der Waals surface area contributed by atoms with Gasteiger partial charge in [-0.05, 0) is 123 Å². The quantitative estimate of drug-likeness (QED) is 0.0502. The minimum Gasteiger partial charge on any atom is -0.493 e. The van der Waals surface area contributed by atoms with Gasteiger partial charge in [0.2, 0.25) is 0 Å². The third-order valence-corrected chi connectivity index (χ3v) is 15.0. The van der Waals surface area contributed by atoms with Crippen LogP contribution in [0.1, 0.15) is 189 Å². The van der Waals surface area contributed by atoms with Gasteiger partial charge < -0.3 is 15.2 Å². The van der Waals surface area contributed by atoms with Gasteiger partial charge >= 0.3 is 5.97 Å². The van der Waals surface area contributed by atoms with E-state index in [0.29, 0.717) is 27.9 Å². The Bertz CT molecular complexity index is 2150. The smallest absolute Gasteiger partial charge is 0.340 e. The molecule has 2 N–H and O–H groups in total. The highest BCUT2D eigenvalue weighted by atomic mass is 32.2. The minimum absolute atomic E-state index is 0.0117. The van der Waals surface area contributed by atoms with Crippen LogP contribution in [-0.4, -0.2) is 30.2 Å². The zero-order chi connectivity index (χ0) is 43.6. The molecule has 0 heterocycles. The molecule has 0 unspecified atom stereocenters. The molecule has 4 aromatic rings. The van der Waals surface area contributed by atoms with Crippen LogP contribution in [0.4, 0.5) is 5.69 Å². The van der Waals surface area contributed by atoms with Gasteiger partial charge in [0.25, 0.3) is 0 Å². The number of hydrogen-bond acceptors (Lipinski definition) is 7. The summed E-state index contributed by atoms with van der Waals surface area (Å²) in [5.74, 6) is 2.03. The monoisotopic (exact) mass is 855 g/mol. The number of fused-ring (bicyclic) bond motifs is 2. The minimum atomic E-state index is -0.538.